The summed E-state index contributed by atoms with van der Waals surface area (Å²) in [5, 5.41) is 12.6. The predicted octanol–water partition coefficient (Wildman–Crippen LogP) is 2.78. The van der Waals surface area contributed by atoms with Crippen LogP contribution in [0.3, 0.4) is 0 Å². The first kappa shape index (κ1) is 17.4. The highest BCUT2D eigenvalue weighted by molar-refractivity contribution is 5.95. The van der Waals surface area contributed by atoms with Crippen molar-refractivity contribution < 1.29 is 19.0 Å². The maximum absolute atomic E-state index is 13.7. The Hall–Kier alpha value is -2.47. The number of pyridine rings is 1. The zero-order chi connectivity index (χ0) is 18.0. The quantitative estimate of drug-likeness (QED) is 0.875. The molecule has 1 aliphatic rings. The topological polar surface area (TPSA) is 71.5 Å². The number of amides is 1. The molecule has 0 spiro atoms. The summed E-state index contributed by atoms with van der Waals surface area (Å²) in [4.78, 5) is 16.9. The number of nitrogens with one attached hydrogen (secondary N) is 1. The molecule has 132 valence electrons. The molecule has 1 aliphatic carbocycles. The number of halogens is 1. The van der Waals surface area contributed by atoms with E-state index in [1.165, 1.54) is 19.2 Å². The lowest BCUT2D eigenvalue weighted by atomic mass is 9.75. The van der Waals surface area contributed by atoms with Crippen molar-refractivity contribution in [2.24, 2.45) is 5.92 Å². The molecule has 2 N–H and O–H groups in total. The normalized spacial score (nSPS) is 20.5. The number of ether oxygens (including phenoxy) is 1. The second-order valence-electron chi connectivity index (χ2n) is 6.38. The average molecular weight is 344 g/mol. The van der Waals surface area contributed by atoms with Gasteiger partial charge < -0.3 is 15.2 Å². The summed E-state index contributed by atoms with van der Waals surface area (Å²) < 4.78 is 18.8. The number of hydrogen-bond acceptors (Lipinski definition) is 4. The van der Waals surface area contributed by atoms with Crippen molar-refractivity contribution >= 4 is 5.91 Å². The Morgan fingerprint density at radius 1 is 1.36 bits per heavy atom. The van der Waals surface area contributed by atoms with Crippen molar-refractivity contribution in [3.05, 3.63) is 59.0 Å². The van der Waals surface area contributed by atoms with Crippen LogP contribution in [0.1, 0.15) is 40.4 Å². The van der Waals surface area contributed by atoms with Crippen LogP contribution in [-0.4, -0.2) is 29.2 Å². The van der Waals surface area contributed by atoms with Crippen LogP contribution in [-0.2, 0) is 0 Å². The molecule has 1 fully saturated rings. The first-order valence-corrected chi connectivity index (χ1v) is 8.23. The number of hydrogen-bond donors (Lipinski definition) is 2. The van der Waals surface area contributed by atoms with Gasteiger partial charge in [0.25, 0.3) is 5.91 Å². The molecule has 0 saturated heterocycles. The maximum atomic E-state index is 13.7. The Labute approximate surface area is 145 Å². The monoisotopic (exact) mass is 344 g/mol. The van der Waals surface area contributed by atoms with Gasteiger partial charge in [0, 0.05) is 17.8 Å². The number of carbonyl (C=O) groups is 1. The smallest absolute Gasteiger partial charge is 0.252 e. The van der Waals surface area contributed by atoms with Gasteiger partial charge >= 0.3 is 0 Å². The summed E-state index contributed by atoms with van der Waals surface area (Å²) in [7, 11) is 1.54. The van der Waals surface area contributed by atoms with Gasteiger partial charge in [-0.3, -0.25) is 4.79 Å². The Morgan fingerprint density at radius 2 is 2.12 bits per heavy atom. The van der Waals surface area contributed by atoms with Crippen molar-refractivity contribution in [3.63, 3.8) is 0 Å². The van der Waals surface area contributed by atoms with E-state index in [0.717, 1.165) is 5.56 Å². The molecule has 25 heavy (non-hydrogen) atoms. The largest absolute Gasteiger partial charge is 0.481 e. The number of methoxy groups -OCH3 is 1. The molecule has 5 nitrogen and oxygen atoms in total. The molecule has 1 aromatic heterocycles. The van der Waals surface area contributed by atoms with Gasteiger partial charge in [0.15, 0.2) is 0 Å². The van der Waals surface area contributed by atoms with Crippen LogP contribution in [0.4, 0.5) is 4.39 Å². The van der Waals surface area contributed by atoms with Gasteiger partial charge in [0.1, 0.15) is 5.82 Å². The summed E-state index contributed by atoms with van der Waals surface area (Å²) in [6.07, 6.45) is 2.54. The number of aliphatic hydroxyl groups is 1. The lowest BCUT2D eigenvalue weighted by Crippen LogP contribution is -2.41. The molecule has 6 heteroatoms. The molecule has 3 rings (SSSR count). The van der Waals surface area contributed by atoms with Crippen molar-refractivity contribution in [3.8, 4) is 5.88 Å². The fourth-order valence-electron chi connectivity index (χ4n) is 3.14. The van der Waals surface area contributed by atoms with Crippen molar-refractivity contribution in [2.45, 2.75) is 31.9 Å². The SMILES string of the molecule is COc1ccc(C(NC(=O)c2cccc(F)c2C)C2CC(O)C2)cn1. The Bertz CT molecular complexity index is 758. The number of benzene rings is 1. The van der Waals surface area contributed by atoms with E-state index in [9.17, 15) is 14.3 Å². The van der Waals surface area contributed by atoms with Crippen molar-refractivity contribution in [1.82, 2.24) is 10.3 Å². The highest BCUT2D eigenvalue weighted by atomic mass is 19.1. The van der Waals surface area contributed by atoms with Crippen LogP contribution in [0.15, 0.2) is 36.5 Å². The summed E-state index contributed by atoms with van der Waals surface area (Å²) >= 11 is 0. The lowest BCUT2D eigenvalue weighted by Gasteiger charge is -2.38. The number of rotatable bonds is 5. The molecule has 0 radical (unpaired) electrons. The van der Waals surface area contributed by atoms with E-state index in [4.69, 9.17) is 4.74 Å². The highest BCUT2D eigenvalue weighted by Gasteiger charge is 2.36. The molecule has 1 aromatic carbocycles. The van der Waals surface area contributed by atoms with Gasteiger partial charge in [-0.1, -0.05) is 12.1 Å². The number of carbonyl (C=O) groups excluding carboxylic acids is 1. The van der Waals surface area contributed by atoms with Crippen LogP contribution in [0.25, 0.3) is 0 Å². The summed E-state index contributed by atoms with van der Waals surface area (Å²) in [5.41, 5.74) is 1.46. The molecule has 1 saturated carbocycles. The van der Waals surface area contributed by atoms with Gasteiger partial charge in [0.2, 0.25) is 5.88 Å². The zero-order valence-corrected chi connectivity index (χ0v) is 14.2. The fraction of sp³-hybridized carbons (Fsp3) is 0.368. The standard InChI is InChI=1S/C19H21FN2O3/c1-11-15(4-3-5-16(11)20)19(24)22-18(13-8-14(23)9-13)12-6-7-17(25-2)21-10-12/h3-7,10,13-14,18,23H,8-9H2,1-2H3,(H,22,24). The van der Waals surface area contributed by atoms with E-state index >= 15 is 0 Å². The van der Waals surface area contributed by atoms with Crippen LogP contribution in [0.2, 0.25) is 0 Å². The molecular weight excluding hydrogens is 323 g/mol. The minimum absolute atomic E-state index is 0.114. The Kier molecular flexibility index (Phi) is 4.99. The number of aromatic nitrogens is 1. The highest BCUT2D eigenvalue weighted by Crippen LogP contribution is 2.38. The van der Waals surface area contributed by atoms with Crippen molar-refractivity contribution in [2.75, 3.05) is 7.11 Å². The molecule has 0 bridgehead atoms. The number of nitrogens with zero attached hydrogens (tertiary/aromatic N) is 1. The minimum atomic E-state index is -0.408. The molecule has 1 amide bonds. The van der Waals surface area contributed by atoms with Gasteiger partial charge in [-0.25, -0.2) is 9.37 Å². The van der Waals surface area contributed by atoms with E-state index in [0.29, 0.717) is 29.8 Å². The Balaban J connectivity index is 1.84. The van der Waals surface area contributed by atoms with Crippen LogP contribution in [0, 0.1) is 18.7 Å². The first-order chi connectivity index (χ1) is 12.0. The molecule has 1 atom stereocenters. The maximum Gasteiger partial charge on any atom is 0.252 e. The fourth-order valence-corrected chi connectivity index (χ4v) is 3.14. The van der Waals surface area contributed by atoms with E-state index in [2.05, 4.69) is 10.3 Å². The van der Waals surface area contributed by atoms with Gasteiger partial charge in [-0.05, 0) is 48.9 Å². The zero-order valence-electron chi connectivity index (χ0n) is 14.2. The van der Waals surface area contributed by atoms with E-state index in [-0.39, 0.29) is 24.0 Å². The van der Waals surface area contributed by atoms with E-state index in [1.54, 1.807) is 25.3 Å². The molecular formula is C19H21FN2O3. The summed E-state index contributed by atoms with van der Waals surface area (Å²) in [6, 6.07) is 7.74. The van der Waals surface area contributed by atoms with Gasteiger partial charge in [-0.2, -0.15) is 0 Å². The third-order valence-corrected chi connectivity index (χ3v) is 4.75. The van der Waals surface area contributed by atoms with Crippen LogP contribution in [0.5, 0.6) is 5.88 Å². The van der Waals surface area contributed by atoms with Crippen LogP contribution < -0.4 is 10.1 Å². The van der Waals surface area contributed by atoms with E-state index < -0.39 is 5.82 Å². The lowest BCUT2D eigenvalue weighted by molar-refractivity contribution is 0.0234. The first-order valence-electron chi connectivity index (χ1n) is 8.23. The predicted molar refractivity (Wildman–Crippen MR) is 90.9 cm³/mol. The number of aliphatic hydroxyl groups excluding tert-OH is 1. The summed E-state index contributed by atoms with van der Waals surface area (Å²) in [5.74, 6) is -0.139. The average Bonchev–Trinajstić information content (AvgIpc) is 2.59. The Morgan fingerprint density at radius 3 is 2.72 bits per heavy atom. The second kappa shape index (κ2) is 7.19. The molecule has 0 aliphatic heterocycles. The van der Waals surface area contributed by atoms with E-state index in [1.807, 2.05) is 6.07 Å². The minimum Gasteiger partial charge on any atom is -0.481 e. The summed E-state index contributed by atoms with van der Waals surface area (Å²) in [6.45, 7) is 1.58. The van der Waals surface area contributed by atoms with Gasteiger partial charge in [0.05, 0.1) is 19.3 Å². The second-order valence-corrected chi connectivity index (χ2v) is 6.38. The molecule has 1 unspecified atom stereocenters. The van der Waals surface area contributed by atoms with Crippen molar-refractivity contribution in [1.29, 1.82) is 0 Å². The molecule has 1 heterocycles. The third kappa shape index (κ3) is 3.64. The van der Waals surface area contributed by atoms with Crippen LogP contribution >= 0.6 is 0 Å². The van der Waals surface area contributed by atoms with Gasteiger partial charge in [-0.15, -0.1) is 0 Å². The third-order valence-electron chi connectivity index (χ3n) is 4.75. The molecule has 2 aromatic rings.